The second-order valence-corrected chi connectivity index (χ2v) is 6.40. The first-order chi connectivity index (χ1) is 10.1. The van der Waals surface area contributed by atoms with Crippen LogP contribution in [0.1, 0.15) is 11.1 Å². The largest absolute Gasteiger partial charge is 0.493 e. The van der Waals surface area contributed by atoms with Crippen molar-refractivity contribution < 1.29 is 9.13 Å². The van der Waals surface area contributed by atoms with Crippen LogP contribution in [-0.2, 0) is 12.8 Å². The lowest BCUT2D eigenvalue weighted by Gasteiger charge is -2.29. The van der Waals surface area contributed by atoms with Crippen LogP contribution in [0.4, 0.5) is 4.39 Å². The Morgan fingerprint density at radius 1 is 1.29 bits per heavy atom. The fourth-order valence-corrected chi connectivity index (χ4v) is 3.07. The van der Waals surface area contributed by atoms with Gasteiger partial charge in [0.15, 0.2) is 0 Å². The smallest absolute Gasteiger partial charge is 0.127 e. The van der Waals surface area contributed by atoms with Gasteiger partial charge in [-0.2, -0.15) is 0 Å². The number of rotatable bonds is 3. The van der Waals surface area contributed by atoms with E-state index in [1.165, 1.54) is 11.6 Å². The van der Waals surface area contributed by atoms with E-state index < -0.39 is 0 Å². The highest BCUT2D eigenvalue weighted by Gasteiger charge is 2.25. The molecule has 3 rings (SSSR count). The van der Waals surface area contributed by atoms with Gasteiger partial charge in [0.2, 0.25) is 0 Å². The molecule has 1 aliphatic heterocycles. The molecule has 0 amide bonds. The number of hydrogen-bond acceptors (Lipinski definition) is 2. The van der Waals surface area contributed by atoms with Crippen molar-refractivity contribution in [2.75, 3.05) is 6.61 Å². The molecule has 2 nitrogen and oxygen atoms in total. The fourth-order valence-electron chi connectivity index (χ4n) is 2.73. The number of fused-ring (bicyclic) bond motifs is 1. The average molecular weight is 350 g/mol. The Kier molecular flexibility index (Phi) is 4.27. The molecule has 2 atom stereocenters. The first-order valence-electron chi connectivity index (χ1n) is 7.03. The van der Waals surface area contributed by atoms with Crippen molar-refractivity contribution in [3.05, 3.63) is 63.9 Å². The van der Waals surface area contributed by atoms with Crippen LogP contribution in [0.5, 0.6) is 5.75 Å². The van der Waals surface area contributed by atoms with Crippen molar-refractivity contribution in [1.29, 1.82) is 0 Å². The van der Waals surface area contributed by atoms with E-state index in [0.29, 0.717) is 18.6 Å². The summed E-state index contributed by atoms with van der Waals surface area (Å²) < 4.78 is 20.4. The number of para-hydroxylation sites is 1. The quantitative estimate of drug-likeness (QED) is 0.916. The molecule has 110 valence electrons. The second-order valence-electron chi connectivity index (χ2n) is 5.49. The lowest BCUT2D eigenvalue weighted by Crippen LogP contribution is -2.39. The lowest BCUT2D eigenvalue weighted by molar-refractivity contribution is 0.198. The third-order valence-electron chi connectivity index (χ3n) is 3.98. The van der Waals surface area contributed by atoms with Crippen molar-refractivity contribution >= 4 is 15.9 Å². The summed E-state index contributed by atoms with van der Waals surface area (Å²) in [6.07, 6.45) is 1.41. The van der Waals surface area contributed by atoms with Crippen molar-refractivity contribution in [3.63, 3.8) is 0 Å². The Morgan fingerprint density at radius 3 is 2.90 bits per heavy atom. The van der Waals surface area contributed by atoms with Gasteiger partial charge in [0.1, 0.15) is 11.6 Å². The molecule has 0 aromatic heterocycles. The molecule has 2 aromatic carbocycles. The van der Waals surface area contributed by atoms with Gasteiger partial charge in [0, 0.05) is 16.4 Å². The molecule has 0 aliphatic carbocycles. The summed E-state index contributed by atoms with van der Waals surface area (Å²) in [5.74, 6) is 0.940. The van der Waals surface area contributed by atoms with Crippen LogP contribution in [0.25, 0.3) is 0 Å². The van der Waals surface area contributed by atoms with E-state index in [4.69, 9.17) is 10.5 Å². The summed E-state index contributed by atoms with van der Waals surface area (Å²) >= 11 is 3.27. The molecule has 0 fully saturated rings. The number of hydrogen-bond donors (Lipinski definition) is 1. The minimum Gasteiger partial charge on any atom is -0.493 e. The van der Waals surface area contributed by atoms with E-state index in [2.05, 4.69) is 22.0 Å². The highest BCUT2D eigenvalue weighted by molar-refractivity contribution is 9.10. The number of benzene rings is 2. The predicted octanol–water partition coefficient (Wildman–Crippen LogP) is 3.71. The topological polar surface area (TPSA) is 35.2 Å². The number of halogens is 2. The zero-order valence-electron chi connectivity index (χ0n) is 11.6. The third kappa shape index (κ3) is 3.27. The van der Waals surface area contributed by atoms with E-state index >= 15 is 0 Å². The predicted molar refractivity (Wildman–Crippen MR) is 84.9 cm³/mol. The van der Waals surface area contributed by atoms with Gasteiger partial charge >= 0.3 is 0 Å². The highest BCUT2D eigenvalue weighted by Crippen LogP contribution is 2.29. The molecule has 2 N–H and O–H groups in total. The van der Waals surface area contributed by atoms with E-state index in [9.17, 15) is 4.39 Å². The number of ether oxygens (including phenoxy) is 1. The molecule has 0 saturated heterocycles. The van der Waals surface area contributed by atoms with E-state index in [1.807, 2.05) is 24.3 Å². The summed E-state index contributed by atoms with van der Waals surface area (Å²) in [7, 11) is 0. The summed E-state index contributed by atoms with van der Waals surface area (Å²) in [5, 5.41) is 0. The Labute approximate surface area is 132 Å². The molecule has 2 aromatic rings. The van der Waals surface area contributed by atoms with Crippen LogP contribution in [-0.4, -0.2) is 12.6 Å². The molecule has 0 radical (unpaired) electrons. The van der Waals surface area contributed by atoms with Crippen LogP contribution in [0.15, 0.2) is 46.9 Å². The molecule has 1 aliphatic rings. The zero-order chi connectivity index (χ0) is 14.8. The van der Waals surface area contributed by atoms with Crippen LogP contribution < -0.4 is 10.5 Å². The summed E-state index contributed by atoms with van der Waals surface area (Å²) in [6, 6.07) is 13.0. The first kappa shape index (κ1) is 14.5. The first-order valence-corrected chi connectivity index (χ1v) is 7.83. The Hall–Kier alpha value is -1.39. The molecule has 2 unspecified atom stereocenters. The maximum Gasteiger partial charge on any atom is 0.127 e. The Bertz CT molecular complexity index is 646. The van der Waals surface area contributed by atoms with Gasteiger partial charge < -0.3 is 10.5 Å². The summed E-state index contributed by atoms with van der Waals surface area (Å²) in [6.45, 7) is 0.594. The monoisotopic (exact) mass is 349 g/mol. The molecular formula is C17H17BrFNO. The van der Waals surface area contributed by atoms with Gasteiger partial charge in [0.25, 0.3) is 0 Å². The number of nitrogens with two attached hydrogens (primary N) is 1. The SMILES string of the molecule is NC(Cc1ccc(Br)cc1F)C1COc2ccccc2C1. The van der Waals surface area contributed by atoms with Crippen molar-refractivity contribution in [1.82, 2.24) is 0 Å². The highest BCUT2D eigenvalue weighted by atomic mass is 79.9. The standard InChI is InChI=1S/C17H17BrFNO/c18-14-6-5-11(15(19)9-14)8-16(20)13-7-12-3-1-2-4-17(12)21-10-13/h1-6,9,13,16H,7-8,10,20H2. The molecule has 0 bridgehead atoms. The van der Waals surface area contributed by atoms with Crippen molar-refractivity contribution in [3.8, 4) is 5.75 Å². The van der Waals surface area contributed by atoms with Crippen LogP contribution in [0.3, 0.4) is 0 Å². The van der Waals surface area contributed by atoms with Crippen molar-refractivity contribution in [2.45, 2.75) is 18.9 Å². The van der Waals surface area contributed by atoms with Crippen molar-refractivity contribution in [2.24, 2.45) is 11.7 Å². The maximum absolute atomic E-state index is 13.9. The van der Waals surface area contributed by atoms with Crippen LogP contribution in [0, 0.1) is 11.7 Å². The molecule has 4 heteroatoms. The van der Waals surface area contributed by atoms with E-state index in [-0.39, 0.29) is 17.8 Å². The van der Waals surface area contributed by atoms with Crippen LogP contribution in [0.2, 0.25) is 0 Å². The van der Waals surface area contributed by atoms with E-state index in [1.54, 1.807) is 6.07 Å². The summed E-state index contributed by atoms with van der Waals surface area (Å²) in [4.78, 5) is 0. The molecule has 21 heavy (non-hydrogen) atoms. The van der Waals surface area contributed by atoms with Crippen LogP contribution >= 0.6 is 15.9 Å². The molecule has 0 spiro atoms. The minimum absolute atomic E-state index is 0.117. The molecule has 0 saturated carbocycles. The molecule has 1 heterocycles. The Morgan fingerprint density at radius 2 is 2.10 bits per heavy atom. The van der Waals surface area contributed by atoms with Gasteiger partial charge in [-0.25, -0.2) is 4.39 Å². The third-order valence-corrected chi connectivity index (χ3v) is 4.48. The Balaban J connectivity index is 1.70. The lowest BCUT2D eigenvalue weighted by atomic mass is 9.87. The maximum atomic E-state index is 13.9. The van der Waals surface area contributed by atoms with Gasteiger partial charge in [-0.3, -0.25) is 0 Å². The van der Waals surface area contributed by atoms with Gasteiger partial charge in [0.05, 0.1) is 6.61 Å². The fraction of sp³-hybridized carbons (Fsp3) is 0.294. The van der Waals surface area contributed by atoms with Gasteiger partial charge in [-0.15, -0.1) is 0 Å². The van der Waals surface area contributed by atoms with E-state index in [0.717, 1.165) is 16.6 Å². The summed E-state index contributed by atoms with van der Waals surface area (Å²) in [5.41, 5.74) is 8.12. The average Bonchev–Trinajstić information content (AvgIpc) is 2.49. The zero-order valence-corrected chi connectivity index (χ0v) is 13.1. The van der Waals surface area contributed by atoms with Gasteiger partial charge in [-0.1, -0.05) is 40.2 Å². The normalized spacial score (nSPS) is 18.7. The molecular weight excluding hydrogens is 333 g/mol. The second kappa shape index (κ2) is 6.16. The minimum atomic E-state index is -0.211. The van der Waals surface area contributed by atoms with Gasteiger partial charge in [-0.05, 0) is 42.2 Å².